The smallest absolute Gasteiger partial charge is 0.128 e. The van der Waals surface area contributed by atoms with Crippen LogP contribution in [-0.4, -0.2) is 12.1 Å². The molecule has 0 saturated heterocycles. The zero-order chi connectivity index (χ0) is 12.1. The second-order valence-corrected chi connectivity index (χ2v) is 4.83. The van der Waals surface area contributed by atoms with Gasteiger partial charge in [0.15, 0.2) is 0 Å². The van der Waals surface area contributed by atoms with Gasteiger partial charge in [0.2, 0.25) is 0 Å². The lowest BCUT2D eigenvalue weighted by Gasteiger charge is -2.36. The van der Waals surface area contributed by atoms with E-state index in [9.17, 15) is 4.39 Å². The third kappa shape index (κ3) is 3.05. The fourth-order valence-corrected chi connectivity index (χ4v) is 2.45. The predicted molar refractivity (Wildman–Crippen MR) is 66.1 cm³/mol. The number of halogens is 1. The predicted octanol–water partition coefficient (Wildman–Crippen LogP) is 3.00. The highest BCUT2D eigenvalue weighted by molar-refractivity contribution is 5.16. The van der Waals surface area contributed by atoms with E-state index in [1.165, 1.54) is 12.5 Å². The van der Waals surface area contributed by atoms with Crippen LogP contribution in [0, 0.1) is 5.82 Å². The molecule has 2 rings (SSSR count). The van der Waals surface area contributed by atoms with E-state index < -0.39 is 0 Å². The SMILES string of the molecule is NCC1(OCc2ccccc2F)CCCCC1. The first-order valence-corrected chi connectivity index (χ1v) is 6.33. The van der Waals surface area contributed by atoms with Gasteiger partial charge in [-0.15, -0.1) is 0 Å². The van der Waals surface area contributed by atoms with Gasteiger partial charge in [-0.25, -0.2) is 4.39 Å². The summed E-state index contributed by atoms with van der Waals surface area (Å²) in [4.78, 5) is 0. The van der Waals surface area contributed by atoms with Crippen LogP contribution >= 0.6 is 0 Å². The van der Waals surface area contributed by atoms with Crippen LogP contribution in [0.3, 0.4) is 0 Å². The monoisotopic (exact) mass is 237 g/mol. The van der Waals surface area contributed by atoms with Crippen LogP contribution in [-0.2, 0) is 11.3 Å². The van der Waals surface area contributed by atoms with Gasteiger partial charge in [0.1, 0.15) is 5.82 Å². The third-order valence-electron chi connectivity index (χ3n) is 3.63. The number of ether oxygens (including phenoxy) is 1. The van der Waals surface area contributed by atoms with E-state index in [2.05, 4.69) is 0 Å². The van der Waals surface area contributed by atoms with Crippen LogP contribution < -0.4 is 5.73 Å². The highest BCUT2D eigenvalue weighted by Gasteiger charge is 2.31. The number of benzene rings is 1. The van der Waals surface area contributed by atoms with Gasteiger partial charge in [0, 0.05) is 12.1 Å². The minimum Gasteiger partial charge on any atom is -0.369 e. The van der Waals surface area contributed by atoms with E-state index in [0.717, 1.165) is 25.7 Å². The van der Waals surface area contributed by atoms with E-state index in [1.807, 2.05) is 6.07 Å². The molecule has 0 aliphatic heterocycles. The van der Waals surface area contributed by atoms with Gasteiger partial charge in [-0.2, -0.15) is 0 Å². The summed E-state index contributed by atoms with van der Waals surface area (Å²) in [6.45, 7) is 0.853. The Kier molecular flexibility index (Phi) is 4.13. The van der Waals surface area contributed by atoms with Crippen molar-refractivity contribution in [1.82, 2.24) is 0 Å². The number of hydrogen-bond acceptors (Lipinski definition) is 2. The summed E-state index contributed by atoms with van der Waals surface area (Å²) in [7, 11) is 0. The highest BCUT2D eigenvalue weighted by atomic mass is 19.1. The Morgan fingerprint density at radius 1 is 1.18 bits per heavy atom. The van der Waals surface area contributed by atoms with E-state index in [-0.39, 0.29) is 11.4 Å². The molecular formula is C14H20FNO. The summed E-state index contributed by atoms with van der Waals surface area (Å²) in [5, 5.41) is 0. The molecule has 0 unspecified atom stereocenters. The molecule has 2 N–H and O–H groups in total. The maximum absolute atomic E-state index is 13.5. The molecular weight excluding hydrogens is 217 g/mol. The Labute approximate surface area is 102 Å². The Bertz CT molecular complexity index is 361. The Hall–Kier alpha value is -0.930. The fraction of sp³-hybridized carbons (Fsp3) is 0.571. The summed E-state index contributed by atoms with van der Waals surface area (Å²) >= 11 is 0. The summed E-state index contributed by atoms with van der Waals surface area (Å²) in [5.74, 6) is -0.199. The topological polar surface area (TPSA) is 35.2 Å². The summed E-state index contributed by atoms with van der Waals surface area (Å²) in [6.07, 6.45) is 5.57. The molecule has 0 heterocycles. The largest absolute Gasteiger partial charge is 0.369 e. The minimum atomic E-state index is -0.222. The first kappa shape index (κ1) is 12.5. The van der Waals surface area contributed by atoms with Gasteiger partial charge in [-0.05, 0) is 18.9 Å². The lowest BCUT2D eigenvalue weighted by Crippen LogP contribution is -2.42. The van der Waals surface area contributed by atoms with Crippen LogP contribution in [0.4, 0.5) is 4.39 Å². The minimum absolute atomic E-state index is 0.199. The van der Waals surface area contributed by atoms with Crippen LogP contribution in [0.15, 0.2) is 24.3 Å². The van der Waals surface area contributed by atoms with Gasteiger partial charge >= 0.3 is 0 Å². The van der Waals surface area contributed by atoms with Crippen molar-refractivity contribution in [3.8, 4) is 0 Å². The molecule has 17 heavy (non-hydrogen) atoms. The molecule has 0 amide bonds. The first-order valence-electron chi connectivity index (χ1n) is 6.33. The Balaban J connectivity index is 1.98. The molecule has 1 fully saturated rings. The molecule has 1 saturated carbocycles. The van der Waals surface area contributed by atoms with Gasteiger partial charge in [0.05, 0.1) is 12.2 Å². The molecule has 94 valence electrons. The zero-order valence-electron chi connectivity index (χ0n) is 10.1. The molecule has 0 bridgehead atoms. The quantitative estimate of drug-likeness (QED) is 0.873. The molecule has 3 heteroatoms. The molecule has 1 aromatic rings. The molecule has 2 nitrogen and oxygen atoms in total. The highest BCUT2D eigenvalue weighted by Crippen LogP contribution is 2.31. The molecule has 1 aliphatic rings. The van der Waals surface area contributed by atoms with E-state index in [1.54, 1.807) is 12.1 Å². The van der Waals surface area contributed by atoms with E-state index in [4.69, 9.17) is 10.5 Å². The maximum atomic E-state index is 13.5. The molecule has 0 radical (unpaired) electrons. The van der Waals surface area contributed by atoms with Gasteiger partial charge in [0.25, 0.3) is 0 Å². The van der Waals surface area contributed by atoms with Crippen molar-refractivity contribution in [3.05, 3.63) is 35.6 Å². The molecule has 0 spiro atoms. The fourth-order valence-electron chi connectivity index (χ4n) is 2.45. The van der Waals surface area contributed by atoms with Crippen molar-refractivity contribution in [3.63, 3.8) is 0 Å². The second-order valence-electron chi connectivity index (χ2n) is 4.83. The van der Waals surface area contributed by atoms with Gasteiger partial charge in [-0.3, -0.25) is 0 Å². The lowest BCUT2D eigenvalue weighted by molar-refractivity contribution is -0.0741. The van der Waals surface area contributed by atoms with Crippen molar-refractivity contribution in [2.24, 2.45) is 5.73 Å². The molecule has 0 aromatic heterocycles. The molecule has 1 aliphatic carbocycles. The van der Waals surface area contributed by atoms with Crippen LogP contribution in [0.5, 0.6) is 0 Å². The molecule has 1 aromatic carbocycles. The van der Waals surface area contributed by atoms with Gasteiger partial charge in [-0.1, -0.05) is 37.5 Å². The number of nitrogens with two attached hydrogens (primary N) is 1. The van der Waals surface area contributed by atoms with E-state index in [0.29, 0.717) is 18.7 Å². The standard InChI is InChI=1S/C14H20FNO/c15-13-7-3-2-6-12(13)10-17-14(11-16)8-4-1-5-9-14/h2-3,6-7H,1,4-5,8-11,16H2. The normalized spacial score (nSPS) is 19.2. The second kappa shape index (κ2) is 5.61. The zero-order valence-corrected chi connectivity index (χ0v) is 10.1. The van der Waals surface area contributed by atoms with Crippen LogP contribution in [0.25, 0.3) is 0 Å². The average molecular weight is 237 g/mol. The maximum Gasteiger partial charge on any atom is 0.128 e. The van der Waals surface area contributed by atoms with Crippen molar-refractivity contribution >= 4 is 0 Å². The van der Waals surface area contributed by atoms with Crippen molar-refractivity contribution in [1.29, 1.82) is 0 Å². The van der Waals surface area contributed by atoms with Crippen LogP contribution in [0.2, 0.25) is 0 Å². The Morgan fingerprint density at radius 2 is 1.88 bits per heavy atom. The van der Waals surface area contributed by atoms with Crippen molar-refractivity contribution in [2.75, 3.05) is 6.54 Å². The average Bonchev–Trinajstić information content (AvgIpc) is 2.39. The summed E-state index contributed by atoms with van der Waals surface area (Å²) in [5.41, 5.74) is 6.22. The number of hydrogen-bond donors (Lipinski definition) is 1. The molecule has 0 atom stereocenters. The van der Waals surface area contributed by atoms with Gasteiger partial charge < -0.3 is 10.5 Å². The first-order chi connectivity index (χ1) is 8.26. The summed E-state index contributed by atoms with van der Waals surface area (Å²) in [6, 6.07) is 6.76. The summed E-state index contributed by atoms with van der Waals surface area (Å²) < 4.78 is 19.4. The van der Waals surface area contributed by atoms with Crippen molar-refractivity contribution < 1.29 is 9.13 Å². The van der Waals surface area contributed by atoms with Crippen LogP contribution in [0.1, 0.15) is 37.7 Å². The van der Waals surface area contributed by atoms with Crippen molar-refractivity contribution in [2.45, 2.75) is 44.3 Å². The third-order valence-corrected chi connectivity index (χ3v) is 3.63. The van der Waals surface area contributed by atoms with E-state index >= 15 is 0 Å². The number of rotatable bonds is 4. The lowest BCUT2D eigenvalue weighted by atomic mass is 9.84. The Morgan fingerprint density at radius 3 is 2.53 bits per heavy atom.